The summed E-state index contributed by atoms with van der Waals surface area (Å²) in [6, 6.07) is 19.4. The average Bonchev–Trinajstić information content (AvgIpc) is 3.23. The van der Waals surface area contributed by atoms with E-state index in [9.17, 15) is 19.7 Å². The van der Waals surface area contributed by atoms with E-state index in [1.165, 1.54) is 31.4 Å². The number of esters is 1. The summed E-state index contributed by atoms with van der Waals surface area (Å²) in [6.07, 6.45) is 1.49. The molecule has 3 aromatic rings. The highest BCUT2D eigenvalue weighted by Gasteiger charge is 2.25. The first-order valence-corrected chi connectivity index (χ1v) is 10.1. The van der Waals surface area contributed by atoms with Gasteiger partial charge in [0, 0.05) is 23.3 Å². The highest BCUT2D eigenvalue weighted by atomic mass is 16.6. The molecule has 9 heteroatoms. The molecule has 9 nitrogen and oxygen atoms in total. The highest BCUT2D eigenvalue weighted by Crippen LogP contribution is 2.30. The molecule has 0 saturated heterocycles. The maximum Gasteiger partial charge on any atom is 0.363 e. The van der Waals surface area contributed by atoms with Crippen LogP contribution in [0.15, 0.2) is 83.5 Å². The van der Waals surface area contributed by atoms with Crippen molar-refractivity contribution in [2.75, 3.05) is 13.7 Å². The lowest BCUT2D eigenvalue weighted by Gasteiger charge is -2.11. The smallest absolute Gasteiger partial charge is 0.363 e. The SMILES string of the molecule is COc1cc(/C=C2\N=C(c3cccc([N+](=O)[O-])c3)OC2=O)ccc1OCC(=O)c1ccccc1. The van der Waals surface area contributed by atoms with Crippen LogP contribution in [0.1, 0.15) is 21.5 Å². The van der Waals surface area contributed by atoms with Crippen molar-refractivity contribution in [2.24, 2.45) is 4.99 Å². The molecule has 0 N–H and O–H groups in total. The van der Waals surface area contributed by atoms with Crippen LogP contribution in [0.2, 0.25) is 0 Å². The highest BCUT2D eigenvalue weighted by molar-refractivity contribution is 6.13. The van der Waals surface area contributed by atoms with Gasteiger partial charge in [0.15, 0.2) is 29.6 Å². The van der Waals surface area contributed by atoms with Crippen LogP contribution in [0.5, 0.6) is 11.5 Å². The molecule has 0 unspecified atom stereocenters. The van der Waals surface area contributed by atoms with Crippen molar-refractivity contribution >= 4 is 29.4 Å². The molecule has 3 aromatic carbocycles. The number of hydrogen-bond acceptors (Lipinski definition) is 8. The van der Waals surface area contributed by atoms with Gasteiger partial charge in [-0.3, -0.25) is 14.9 Å². The monoisotopic (exact) mass is 458 g/mol. The maximum atomic E-state index is 12.3. The van der Waals surface area contributed by atoms with Crippen LogP contribution in [0.4, 0.5) is 5.69 Å². The minimum atomic E-state index is -0.686. The molecule has 0 aliphatic carbocycles. The predicted molar refractivity (Wildman–Crippen MR) is 123 cm³/mol. The number of non-ortho nitro benzene ring substituents is 1. The minimum Gasteiger partial charge on any atom is -0.493 e. The topological polar surface area (TPSA) is 117 Å². The van der Waals surface area contributed by atoms with Gasteiger partial charge >= 0.3 is 5.97 Å². The van der Waals surface area contributed by atoms with E-state index in [0.29, 0.717) is 28.2 Å². The normalized spacial score (nSPS) is 13.9. The predicted octanol–water partition coefficient (Wildman–Crippen LogP) is 4.21. The number of nitrogens with zero attached hydrogens (tertiary/aromatic N) is 2. The van der Waals surface area contributed by atoms with Gasteiger partial charge in [-0.1, -0.05) is 42.5 Å². The third-order valence-corrected chi connectivity index (χ3v) is 4.87. The number of rotatable bonds is 8. The first-order chi connectivity index (χ1) is 16.4. The zero-order valence-electron chi connectivity index (χ0n) is 18.0. The summed E-state index contributed by atoms with van der Waals surface area (Å²) in [4.78, 5) is 39.2. The summed E-state index contributed by atoms with van der Waals surface area (Å²) in [5, 5.41) is 11.0. The molecular formula is C25H18N2O7. The maximum absolute atomic E-state index is 12.3. The Bertz CT molecular complexity index is 1330. The van der Waals surface area contributed by atoms with Crippen LogP contribution in [0.3, 0.4) is 0 Å². The Hall–Kier alpha value is -4.79. The summed E-state index contributed by atoms with van der Waals surface area (Å²) < 4.78 is 16.2. The summed E-state index contributed by atoms with van der Waals surface area (Å²) in [5.41, 5.74) is 1.32. The van der Waals surface area contributed by atoms with Crippen molar-refractivity contribution < 1.29 is 28.7 Å². The second-order valence-electron chi connectivity index (χ2n) is 7.13. The van der Waals surface area contributed by atoms with Gasteiger partial charge in [0.05, 0.1) is 12.0 Å². The summed E-state index contributed by atoms with van der Waals surface area (Å²) in [7, 11) is 1.46. The number of cyclic esters (lactones) is 1. The molecule has 0 aromatic heterocycles. The number of methoxy groups -OCH3 is 1. The standard InChI is InChI=1S/C25H18N2O7/c1-32-23-13-16(10-11-22(23)33-15-21(28)17-6-3-2-4-7-17)12-20-25(29)34-24(26-20)18-8-5-9-19(14-18)27(30)31/h2-14H,15H2,1H3/b20-12-. The number of Topliss-reactive ketones (excluding diaryl/α,β-unsaturated/α-hetero) is 1. The van der Waals surface area contributed by atoms with Crippen LogP contribution < -0.4 is 9.47 Å². The Labute approximate surface area is 194 Å². The second-order valence-corrected chi connectivity index (χ2v) is 7.13. The van der Waals surface area contributed by atoms with Crippen molar-refractivity contribution in [3.63, 3.8) is 0 Å². The number of nitro groups is 1. The number of carbonyl (C=O) groups is 2. The van der Waals surface area contributed by atoms with E-state index in [1.54, 1.807) is 48.5 Å². The fourth-order valence-electron chi connectivity index (χ4n) is 3.19. The summed E-state index contributed by atoms with van der Waals surface area (Å²) in [6.45, 7) is -0.163. The fourth-order valence-corrected chi connectivity index (χ4v) is 3.19. The lowest BCUT2D eigenvalue weighted by Crippen LogP contribution is -2.11. The van der Waals surface area contributed by atoms with Gasteiger partial charge in [0.25, 0.3) is 5.69 Å². The molecule has 0 bridgehead atoms. The van der Waals surface area contributed by atoms with Gasteiger partial charge in [-0.25, -0.2) is 9.79 Å². The van der Waals surface area contributed by atoms with E-state index in [4.69, 9.17) is 14.2 Å². The van der Waals surface area contributed by atoms with Crippen LogP contribution in [-0.4, -0.2) is 36.3 Å². The molecule has 170 valence electrons. The van der Waals surface area contributed by atoms with Gasteiger partial charge in [-0.05, 0) is 29.8 Å². The van der Waals surface area contributed by atoms with Gasteiger partial charge in [-0.2, -0.15) is 0 Å². The first kappa shape index (κ1) is 22.4. The van der Waals surface area contributed by atoms with E-state index < -0.39 is 10.9 Å². The molecule has 1 heterocycles. The van der Waals surface area contributed by atoms with Crippen LogP contribution >= 0.6 is 0 Å². The van der Waals surface area contributed by atoms with Crippen molar-refractivity contribution in [3.05, 3.63) is 105 Å². The van der Waals surface area contributed by atoms with E-state index in [-0.39, 0.29) is 29.7 Å². The first-order valence-electron chi connectivity index (χ1n) is 10.1. The van der Waals surface area contributed by atoms with E-state index in [0.717, 1.165) is 0 Å². The largest absolute Gasteiger partial charge is 0.493 e. The van der Waals surface area contributed by atoms with E-state index >= 15 is 0 Å². The lowest BCUT2D eigenvalue weighted by atomic mass is 10.1. The molecule has 0 spiro atoms. The molecular weight excluding hydrogens is 440 g/mol. The van der Waals surface area contributed by atoms with Crippen molar-refractivity contribution in [2.45, 2.75) is 0 Å². The molecule has 1 aliphatic heterocycles. The Morgan fingerprint density at radius 3 is 2.59 bits per heavy atom. The number of ketones is 1. The molecule has 4 rings (SSSR count). The molecule has 0 radical (unpaired) electrons. The van der Waals surface area contributed by atoms with Crippen molar-refractivity contribution in [1.29, 1.82) is 0 Å². The minimum absolute atomic E-state index is 0.0220. The molecule has 0 amide bonds. The zero-order valence-corrected chi connectivity index (χ0v) is 18.0. The zero-order chi connectivity index (χ0) is 24.1. The molecule has 0 saturated carbocycles. The summed E-state index contributed by atoms with van der Waals surface area (Å²) >= 11 is 0. The Morgan fingerprint density at radius 2 is 1.85 bits per heavy atom. The van der Waals surface area contributed by atoms with Crippen molar-refractivity contribution in [3.8, 4) is 11.5 Å². The Balaban J connectivity index is 1.52. The third-order valence-electron chi connectivity index (χ3n) is 4.87. The fraction of sp³-hybridized carbons (Fsp3) is 0.0800. The molecule has 0 atom stereocenters. The third kappa shape index (κ3) is 4.99. The number of carbonyl (C=O) groups excluding carboxylic acids is 2. The van der Waals surface area contributed by atoms with E-state index in [2.05, 4.69) is 4.99 Å². The number of hydrogen-bond donors (Lipinski definition) is 0. The van der Waals surface area contributed by atoms with E-state index in [1.807, 2.05) is 6.07 Å². The molecule has 34 heavy (non-hydrogen) atoms. The Morgan fingerprint density at radius 1 is 1.06 bits per heavy atom. The Kier molecular flexibility index (Phi) is 6.45. The number of benzene rings is 3. The van der Waals surface area contributed by atoms with Gasteiger partial charge in [0.2, 0.25) is 5.90 Å². The van der Waals surface area contributed by atoms with Crippen LogP contribution in [0, 0.1) is 10.1 Å². The number of ether oxygens (including phenoxy) is 3. The molecule has 1 aliphatic rings. The molecule has 0 fully saturated rings. The van der Waals surface area contributed by atoms with Gasteiger partial charge in [-0.15, -0.1) is 0 Å². The van der Waals surface area contributed by atoms with Crippen LogP contribution in [-0.2, 0) is 9.53 Å². The van der Waals surface area contributed by atoms with Gasteiger partial charge < -0.3 is 14.2 Å². The quantitative estimate of drug-likeness (QED) is 0.163. The number of nitro benzene ring substituents is 1. The van der Waals surface area contributed by atoms with Crippen LogP contribution in [0.25, 0.3) is 6.08 Å². The second kappa shape index (κ2) is 9.78. The average molecular weight is 458 g/mol. The number of aliphatic imine (C=N–C) groups is 1. The van der Waals surface area contributed by atoms with Crippen molar-refractivity contribution in [1.82, 2.24) is 0 Å². The summed E-state index contributed by atoms with van der Waals surface area (Å²) in [5.74, 6) is -0.153. The van der Waals surface area contributed by atoms with Gasteiger partial charge in [0.1, 0.15) is 0 Å². The lowest BCUT2D eigenvalue weighted by molar-refractivity contribution is -0.384.